The third kappa shape index (κ3) is 6.04. The van der Waals surface area contributed by atoms with Crippen molar-refractivity contribution in [3.05, 3.63) is 41.0 Å². The van der Waals surface area contributed by atoms with E-state index in [1.165, 1.54) is 14.2 Å². The molecule has 0 saturated carbocycles. The van der Waals surface area contributed by atoms with Gasteiger partial charge in [0.2, 0.25) is 18.4 Å². The van der Waals surface area contributed by atoms with Gasteiger partial charge in [-0.05, 0) is 86.3 Å². The Labute approximate surface area is 240 Å². The summed E-state index contributed by atoms with van der Waals surface area (Å²) in [5.74, 6) is 0.635. The smallest absolute Gasteiger partial charge is 0.231 e. The summed E-state index contributed by atoms with van der Waals surface area (Å²) < 4.78 is 28.1. The van der Waals surface area contributed by atoms with Crippen LogP contribution in [0.5, 0.6) is 28.7 Å². The number of carbonyl (C=O) groups excluding carboxylic acids is 1. The minimum Gasteiger partial charge on any atom is -0.502 e. The summed E-state index contributed by atoms with van der Waals surface area (Å²) in [5.41, 5.74) is 8.08. The standard InChI is InChI=1S/C30H41N3O8/c1-37-23-11-17(12-24(38-2)29(23)35)26-18-13-21-22(41-16-40-21)14-19(18)28(20-15-39-30(36)27(20)26)33-25(34)7-3-5-9-32-10-6-4-8-31/h11-14,20,26-28,30,32,35-36H,3-10,15-16,31H2,1-2H3,(H,33,34)/t20-,26+,27-,28+,30?/m0/s1. The zero-order valence-electron chi connectivity index (χ0n) is 23.7. The van der Waals surface area contributed by atoms with Gasteiger partial charge in [0.15, 0.2) is 29.3 Å². The van der Waals surface area contributed by atoms with Crippen LogP contribution in [-0.2, 0) is 9.53 Å². The molecule has 2 aromatic carbocycles. The Morgan fingerprint density at radius 2 is 1.66 bits per heavy atom. The fourth-order valence-electron chi connectivity index (χ4n) is 6.30. The number of phenolic OH excluding ortho intramolecular Hbond substituents is 1. The fourth-order valence-corrected chi connectivity index (χ4v) is 6.30. The molecule has 6 N–H and O–H groups in total. The lowest BCUT2D eigenvalue weighted by Gasteiger charge is -2.41. The van der Waals surface area contributed by atoms with E-state index in [1.54, 1.807) is 12.1 Å². The van der Waals surface area contributed by atoms with Crippen molar-refractivity contribution < 1.29 is 38.7 Å². The lowest BCUT2D eigenvalue weighted by atomic mass is 9.65. The van der Waals surface area contributed by atoms with Gasteiger partial charge in [0.1, 0.15) is 0 Å². The van der Waals surface area contributed by atoms with Crippen LogP contribution in [0.4, 0.5) is 0 Å². The molecule has 2 aliphatic heterocycles. The van der Waals surface area contributed by atoms with Crippen molar-refractivity contribution in [3.63, 3.8) is 0 Å². The molecule has 2 aromatic rings. The second kappa shape index (κ2) is 13.2. The van der Waals surface area contributed by atoms with Crippen molar-refractivity contribution in [3.8, 4) is 28.7 Å². The number of amides is 1. The van der Waals surface area contributed by atoms with Gasteiger partial charge in [-0.3, -0.25) is 4.79 Å². The zero-order valence-corrected chi connectivity index (χ0v) is 23.7. The number of aliphatic hydroxyl groups is 1. The molecule has 3 aliphatic rings. The third-order valence-corrected chi connectivity index (χ3v) is 8.34. The number of nitrogens with two attached hydrogens (primary N) is 1. The number of aromatic hydroxyl groups is 1. The molecular formula is C30H41N3O8. The number of nitrogens with one attached hydrogen (secondary N) is 2. The van der Waals surface area contributed by atoms with Gasteiger partial charge >= 0.3 is 0 Å². The van der Waals surface area contributed by atoms with Crippen LogP contribution in [0.25, 0.3) is 0 Å². The molecule has 0 aromatic heterocycles. The maximum absolute atomic E-state index is 13.2. The zero-order chi connectivity index (χ0) is 28.9. The van der Waals surface area contributed by atoms with E-state index in [9.17, 15) is 15.0 Å². The van der Waals surface area contributed by atoms with Crippen LogP contribution >= 0.6 is 0 Å². The summed E-state index contributed by atoms with van der Waals surface area (Å²) in [5, 5.41) is 28.3. The van der Waals surface area contributed by atoms with E-state index in [1.807, 2.05) is 12.1 Å². The lowest BCUT2D eigenvalue weighted by molar-refractivity contribution is -0.122. The first kappa shape index (κ1) is 29.2. The van der Waals surface area contributed by atoms with Gasteiger partial charge in [-0.25, -0.2) is 0 Å². The number of fused-ring (bicyclic) bond motifs is 3. The lowest BCUT2D eigenvalue weighted by Crippen LogP contribution is -2.43. The van der Waals surface area contributed by atoms with Crippen LogP contribution in [0.2, 0.25) is 0 Å². The summed E-state index contributed by atoms with van der Waals surface area (Å²) in [4.78, 5) is 13.2. The van der Waals surface area contributed by atoms with Gasteiger partial charge in [-0.15, -0.1) is 0 Å². The molecule has 41 heavy (non-hydrogen) atoms. The topological polar surface area (TPSA) is 154 Å². The molecule has 0 radical (unpaired) electrons. The number of unbranched alkanes of at least 4 members (excludes halogenated alkanes) is 2. The molecule has 1 amide bonds. The Morgan fingerprint density at radius 3 is 2.32 bits per heavy atom. The normalized spacial score (nSPS) is 24.0. The van der Waals surface area contributed by atoms with E-state index in [-0.39, 0.29) is 60.4 Å². The van der Waals surface area contributed by atoms with Crippen LogP contribution in [0.3, 0.4) is 0 Å². The van der Waals surface area contributed by atoms with E-state index in [4.69, 9.17) is 29.4 Å². The van der Waals surface area contributed by atoms with E-state index in [2.05, 4.69) is 10.6 Å². The summed E-state index contributed by atoms with van der Waals surface area (Å²) in [7, 11) is 2.95. The second-order valence-electron chi connectivity index (χ2n) is 10.8. The maximum Gasteiger partial charge on any atom is 0.231 e. The molecule has 5 atom stereocenters. The van der Waals surface area contributed by atoms with Gasteiger partial charge in [0, 0.05) is 24.2 Å². The van der Waals surface area contributed by atoms with Crippen molar-refractivity contribution in [2.75, 3.05) is 47.3 Å². The van der Waals surface area contributed by atoms with Crippen molar-refractivity contribution in [2.45, 2.75) is 50.4 Å². The molecular weight excluding hydrogens is 530 g/mol. The highest BCUT2D eigenvalue weighted by Crippen LogP contribution is 2.56. The number of hydrogen-bond donors (Lipinski definition) is 5. The molecule has 0 spiro atoms. The van der Waals surface area contributed by atoms with Crippen LogP contribution in [0, 0.1) is 11.8 Å². The molecule has 224 valence electrons. The van der Waals surface area contributed by atoms with Gasteiger partial charge in [0.25, 0.3) is 0 Å². The summed E-state index contributed by atoms with van der Waals surface area (Å²) in [6.07, 6.45) is 3.07. The van der Waals surface area contributed by atoms with Crippen molar-refractivity contribution in [2.24, 2.45) is 17.6 Å². The van der Waals surface area contributed by atoms with Crippen molar-refractivity contribution in [1.29, 1.82) is 0 Å². The Balaban J connectivity index is 1.42. The maximum atomic E-state index is 13.2. The minimum atomic E-state index is -1.06. The largest absolute Gasteiger partial charge is 0.502 e. The highest BCUT2D eigenvalue weighted by molar-refractivity contribution is 5.77. The molecule has 0 bridgehead atoms. The van der Waals surface area contributed by atoms with Gasteiger partial charge in [-0.1, -0.05) is 0 Å². The predicted molar refractivity (Wildman–Crippen MR) is 150 cm³/mol. The van der Waals surface area contributed by atoms with Crippen LogP contribution in [0.15, 0.2) is 24.3 Å². The van der Waals surface area contributed by atoms with E-state index in [0.717, 1.165) is 55.5 Å². The predicted octanol–water partition coefficient (Wildman–Crippen LogP) is 2.52. The average Bonchev–Trinajstić information content (AvgIpc) is 3.60. The number of aliphatic hydroxyl groups excluding tert-OH is 1. The monoisotopic (exact) mass is 571 g/mol. The summed E-state index contributed by atoms with van der Waals surface area (Å²) in [6, 6.07) is 6.96. The molecule has 1 unspecified atom stereocenters. The fraction of sp³-hybridized carbons (Fsp3) is 0.567. The highest BCUT2D eigenvalue weighted by Gasteiger charge is 2.52. The second-order valence-corrected chi connectivity index (χ2v) is 10.8. The Bertz CT molecular complexity index is 1200. The molecule has 11 heteroatoms. The van der Waals surface area contributed by atoms with E-state index >= 15 is 0 Å². The van der Waals surface area contributed by atoms with Gasteiger partial charge < -0.3 is 50.3 Å². The molecule has 1 aliphatic carbocycles. The number of hydrogen-bond acceptors (Lipinski definition) is 10. The SMILES string of the molecule is COc1cc([C@@H]2c3cc4c(cc3[C@@H](NC(=O)CCCCNCCCCN)[C@H]3COC(O)[C@H]23)OCO4)cc(OC)c1O. The van der Waals surface area contributed by atoms with Crippen molar-refractivity contribution in [1.82, 2.24) is 10.6 Å². The molecule has 2 heterocycles. The first-order chi connectivity index (χ1) is 20.0. The van der Waals surface area contributed by atoms with E-state index in [0.29, 0.717) is 24.5 Å². The van der Waals surface area contributed by atoms with Crippen LogP contribution in [-0.4, -0.2) is 69.7 Å². The highest BCUT2D eigenvalue weighted by atomic mass is 16.7. The summed E-state index contributed by atoms with van der Waals surface area (Å²) in [6.45, 7) is 2.89. The van der Waals surface area contributed by atoms with Crippen LogP contribution < -0.4 is 35.3 Å². The first-order valence-corrected chi connectivity index (χ1v) is 14.3. The number of ether oxygens (including phenoxy) is 5. The molecule has 1 saturated heterocycles. The Kier molecular flexibility index (Phi) is 9.39. The number of methoxy groups -OCH3 is 2. The molecule has 5 rings (SSSR count). The van der Waals surface area contributed by atoms with Crippen molar-refractivity contribution >= 4 is 5.91 Å². The number of carbonyl (C=O) groups is 1. The first-order valence-electron chi connectivity index (χ1n) is 14.3. The Morgan fingerprint density at radius 1 is 1.00 bits per heavy atom. The van der Waals surface area contributed by atoms with Gasteiger partial charge in [-0.2, -0.15) is 0 Å². The molecule has 11 nitrogen and oxygen atoms in total. The quantitative estimate of drug-likeness (QED) is 0.227. The number of phenols is 1. The summed E-state index contributed by atoms with van der Waals surface area (Å²) >= 11 is 0. The Hall–Kier alpha value is -3.25. The molecule has 1 fully saturated rings. The van der Waals surface area contributed by atoms with Crippen LogP contribution in [0.1, 0.15) is 60.8 Å². The third-order valence-electron chi connectivity index (χ3n) is 8.34. The van der Waals surface area contributed by atoms with Gasteiger partial charge in [0.05, 0.1) is 26.9 Å². The van der Waals surface area contributed by atoms with E-state index < -0.39 is 6.29 Å². The minimum absolute atomic E-state index is 0.0479. The number of benzene rings is 2. The average molecular weight is 572 g/mol. The number of rotatable bonds is 13.